The van der Waals surface area contributed by atoms with Crippen molar-refractivity contribution in [1.82, 2.24) is 15.2 Å². The average Bonchev–Trinajstić information content (AvgIpc) is 3.44. The van der Waals surface area contributed by atoms with Crippen molar-refractivity contribution in [2.24, 2.45) is 5.73 Å². The number of carbonyl (C=O) groups is 2. The number of amides is 1. The molecule has 0 fully saturated rings. The molecule has 5 rings (SSSR count). The van der Waals surface area contributed by atoms with Gasteiger partial charge in [-0.2, -0.15) is 5.26 Å². The number of hydrogen-bond acceptors (Lipinski definition) is 12. The number of allylic oxidation sites excluding steroid dienone is 3. The third-order valence-electron chi connectivity index (χ3n) is 6.53. The highest BCUT2D eigenvalue weighted by molar-refractivity contribution is 8.01. The summed E-state index contributed by atoms with van der Waals surface area (Å²) < 4.78 is 11.1. The standard InChI is InChI=1S/C27H25N7O4S2/c1-37-16-8-9-18(21(11-16)38-2)31-22(36)14-39-27-33-32-26(40-27)34-19-6-3-7-20(35)24(19)23(17(12-28)25(34)29)15-5-4-10-30-13-15/h4-5,8-11,13,23H,3,6-7,14,29H2,1-2H3,(H,31,36). The van der Waals surface area contributed by atoms with Gasteiger partial charge in [-0.05, 0) is 36.6 Å². The smallest absolute Gasteiger partial charge is 0.234 e. The third kappa shape index (κ3) is 5.23. The summed E-state index contributed by atoms with van der Waals surface area (Å²) >= 11 is 2.45. The molecule has 0 bridgehead atoms. The van der Waals surface area contributed by atoms with Gasteiger partial charge in [-0.15, -0.1) is 10.2 Å². The Morgan fingerprint density at radius 3 is 2.85 bits per heavy atom. The number of nitrogens with one attached hydrogen (secondary N) is 1. The highest BCUT2D eigenvalue weighted by Gasteiger charge is 2.41. The zero-order valence-corrected chi connectivity index (χ0v) is 23.3. The van der Waals surface area contributed by atoms with Crippen molar-refractivity contribution >= 4 is 45.6 Å². The second kappa shape index (κ2) is 11.8. The van der Waals surface area contributed by atoms with Crippen LogP contribution in [0.5, 0.6) is 11.5 Å². The summed E-state index contributed by atoms with van der Waals surface area (Å²) in [6.07, 6.45) is 4.96. The van der Waals surface area contributed by atoms with E-state index in [0.717, 1.165) is 11.3 Å². The van der Waals surface area contributed by atoms with Gasteiger partial charge in [0.2, 0.25) is 11.0 Å². The summed E-state index contributed by atoms with van der Waals surface area (Å²) in [4.78, 5) is 31.7. The van der Waals surface area contributed by atoms with Gasteiger partial charge in [0.05, 0.1) is 43.2 Å². The van der Waals surface area contributed by atoms with Crippen LogP contribution in [0.2, 0.25) is 0 Å². The van der Waals surface area contributed by atoms with Gasteiger partial charge in [0, 0.05) is 36.2 Å². The van der Waals surface area contributed by atoms with Crippen LogP contribution in [0.25, 0.3) is 0 Å². The van der Waals surface area contributed by atoms with E-state index in [0.29, 0.717) is 51.5 Å². The molecule has 3 N–H and O–H groups in total. The summed E-state index contributed by atoms with van der Waals surface area (Å²) in [7, 11) is 3.07. The molecule has 0 radical (unpaired) electrons. The molecule has 1 amide bonds. The molecule has 0 saturated heterocycles. The quantitative estimate of drug-likeness (QED) is 0.374. The lowest BCUT2D eigenvalue weighted by Crippen LogP contribution is -2.38. The summed E-state index contributed by atoms with van der Waals surface area (Å²) in [5, 5.41) is 21.9. The Bertz CT molecular complexity index is 1560. The number of methoxy groups -OCH3 is 2. The fourth-order valence-corrected chi connectivity index (χ4v) is 6.43. The van der Waals surface area contributed by atoms with Crippen molar-refractivity contribution in [2.75, 3.05) is 30.2 Å². The Labute approximate surface area is 238 Å². The first-order valence-corrected chi connectivity index (χ1v) is 14.1. The van der Waals surface area contributed by atoms with Gasteiger partial charge in [0.1, 0.15) is 17.3 Å². The second-order valence-corrected chi connectivity index (χ2v) is 11.0. The van der Waals surface area contributed by atoms with E-state index in [1.54, 1.807) is 48.7 Å². The number of anilines is 2. The van der Waals surface area contributed by atoms with E-state index < -0.39 is 5.92 Å². The molecule has 204 valence electrons. The lowest BCUT2D eigenvalue weighted by Gasteiger charge is -2.37. The van der Waals surface area contributed by atoms with E-state index in [9.17, 15) is 14.9 Å². The number of hydrogen-bond donors (Lipinski definition) is 2. The summed E-state index contributed by atoms with van der Waals surface area (Å²) in [5.41, 5.74) is 9.36. The van der Waals surface area contributed by atoms with Crippen LogP contribution in [0, 0.1) is 11.3 Å². The number of Topliss-reactive ketones (excluding diaryl/α,β-unsaturated/α-hetero) is 1. The van der Waals surface area contributed by atoms with Crippen LogP contribution in [-0.2, 0) is 9.59 Å². The summed E-state index contributed by atoms with van der Waals surface area (Å²) in [6, 6.07) is 11.0. The number of benzene rings is 1. The molecule has 2 aromatic heterocycles. The molecule has 0 saturated carbocycles. The number of pyridine rings is 1. The first kappa shape index (κ1) is 27.2. The van der Waals surface area contributed by atoms with Crippen molar-refractivity contribution in [1.29, 1.82) is 5.26 Å². The molecule has 11 nitrogen and oxygen atoms in total. The maximum atomic E-state index is 13.2. The SMILES string of the molecule is COc1ccc(NC(=O)CSc2nnc(N3C(N)=C(C#N)C(c4cccnc4)C4=C3CCCC4=O)s2)c(OC)c1. The monoisotopic (exact) mass is 575 g/mol. The van der Waals surface area contributed by atoms with Crippen LogP contribution in [-0.4, -0.2) is 46.8 Å². The maximum Gasteiger partial charge on any atom is 0.234 e. The molecule has 2 aliphatic rings. The van der Waals surface area contributed by atoms with Gasteiger partial charge < -0.3 is 20.5 Å². The van der Waals surface area contributed by atoms with Crippen molar-refractivity contribution in [2.45, 2.75) is 29.5 Å². The van der Waals surface area contributed by atoms with Crippen LogP contribution in [0.3, 0.4) is 0 Å². The molecule has 0 spiro atoms. The van der Waals surface area contributed by atoms with E-state index in [1.807, 2.05) is 6.07 Å². The normalized spacial score (nSPS) is 16.9. The molecule has 40 heavy (non-hydrogen) atoms. The van der Waals surface area contributed by atoms with Gasteiger partial charge in [0.25, 0.3) is 0 Å². The van der Waals surface area contributed by atoms with Crippen molar-refractivity contribution in [3.63, 3.8) is 0 Å². The van der Waals surface area contributed by atoms with Crippen molar-refractivity contribution in [3.05, 3.63) is 71.0 Å². The maximum absolute atomic E-state index is 13.2. The molecule has 1 aliphatic carbocycles. The number of carbonyl (C=O) groups excluding carboxylic acids is 2. The van der Waals surface area contributed by atoms with E-state index in [1.165, 1.54) is 30.2 Å². The fraction of sp³-hybridized carbons (Fsp3) is 0.259. The molecular weight excluding hydrogens is 550 g/mol. The van der Waals surface area contributed by atoms with Crippen LogP contribution in [0.4, 0.5) is 10.8 Å². The third-order valence-corrected chi connectivity index (χ3v) is 8.57. The zero-order valence-electron chi connectivity index (χ0n) is 21.7. The Hall–Kier alpha value is -4.41. The topological polar surface area (TPSA) is 156 Å². The molecule has 1 atom stereocenters. The minimum atomic E-state index is -0.585. The number of ketones is 1. The molecule has 1 unspecified atom stereocenters. The summed E-state index contributed by atoms with van der Waals surface area (Å²) in [5.74, 6) is 0.517. The average molecular weight is 576 g/mol. The fourth-order valence-electron chi connectivity index (χ4n) is 4.75. The number of nitrogens with zero attached hydrogens (tertiary/aromatic N) is 5. The van der Waals surface area contributed by atoms with Gasteiger partial charge in [-0.1, -0.05) is 29.2 Å². The second-order valence-electron chi connectivity index (χ2n) is 8.86. The highest BCUT2D eigenvalue weighted by atomic mass is 32.2. The Morgan fingerprint density at radius 1 is 1.27 bits per heavy atom. The Morgan fingerprint density at radius 2 is 2.12 bits per heavy atom. The minimum absolute atomic E-state index is 0.0231. The lowest BCUT2D eigenvalue weighted by atomic mass is 9.76. The van der Waals surface area contributed by atoms with E-state index >= 15 is 0 Å². The van der Waals surface area contributed by atoms with Crippen LogP contribution >= 0.6 is 23.1 Å². The Kier molecular flexibility index (Phi) is 7.99. The number of rotatable bonds is 8. The zero-order chi connectivity index (χ0) is 28.2. The minimum Gasteiger partial charge on any atom is -0.497 e. The number of thioether (sulfide) groups is 1. The first-order chi connectivity index (χ1) is 19.4. The number of ether oxygens (including phenoxy) is 2. The van der Waals surface area contributed by atoms with E-state index in [2.05, 4.69) is 26.6 Å². The Balaban J connectivity index is 1.38. The summed E-state index contributed by atoms with van der Waals surface area (Å²) in [6.45, 7) is 0. The van der Waals surface area contributed by atoms with Gasteiger partial charge in [0.15, 0.2) is 10.1 Å². The van der Waals surface area contributed by atoms with Crippen molar-refractivity contribution < 1.29 is 19.1 Å². The number of nitrogens with two attached hydrogens (primary N) is 1. The van der Waals surface area contributed by atoms with Crippen LogP contribution < -0.4 is 25.4 Å². The molecule has 3 aromatic rings. The van der Waals surface area contributed by atoms with Gasteiger partial charge in [-0.25, -0.2) is 0 Å². The molecule has 13 heteroatoms. The van der Waals surface area contributed by atoms with E-state index in [-0.39, 0.29) is 28.8 Å². The number of nitriles is 1. The largest absolute Gasteiger partial charge is 0.497 e. The van der Waals surface area contributed by atoms with Crippen molar-refractivity contribution in [3.8, 4) is 17.6 Å². The molecule has 1 aromatic carbocycles. The predicted molar refractivity (Wildman–Crippen MR) is 151 cm³/mol. The lowest BCUT2D eigenvalue weighted by molar-refractivity contribution is -0.116. The predicted octanol–water partition coefficient (Wildman–Crippen LogP) is 3.99. The van der Waals surface area contributed by atoms with E-state index in [4.69, 9.17) is 15.2 Å². The number of aromatic nitrogens is 3. The van der Waals surface area contributed by atoms with Gasteiger partial charge in [-0.3, -0.25) is 19.5 Å². The van der Waals surface area contributed by atoms with Crippen LogP contribution in [0.1, 0.15) is 30.7 Å². The molecular formula is C27H25N7O4S2. The molecule has 1 aliphatic heterocycles. The van der Waals surface area contributed by atoms with Crippen LogP contribution in [0.15, 0.2) is 69.7 Å². The first-order valence-electron chi connectivity index (χ1n) is 12.3. The van der Waals surface area contributed by atoms with Gasteiger partial charge >= 0.3 is 0 Å². The highest BCUT2D eigenvalue weighted by Crippen LogP contribution is 2.47. The molecule has 3 heterocycles.